The Morgan fingerprint density at radius 2 is 2.40 bits per heavy atom. The Morgan fingerprint density at radius 3 is 2.93 bits per heavy atom. The number of carbonyl (C=O) groups excluding carboxylic acids is 1. The molecule has 1 saturated carbocycles. The topological polar surface area (TPSA) is 20.3 Å². The Balaban J connectivity index is 1.86. The summed E-state index contributed by atoms with van der Waals surface area (Å²) in [5.41, 5.74) is 0. The summed E-state index contributed by atoms with van der Waals surface area (Å²) in [5, 5.41) is 1.94. The van der Waals surface area contributed by atoms with Crippen molar-refractivity contribution in [3.63, 3.8) is 0 Å². The van der Waals surface area contributed by atoms with E-state index in [-0.39, 0.29) is 5.91 Å². The molecule has 1 aliphatic rings. The van der Waals surface area contributed by atoms with Crippen LogP contribution in [0, 0.1) is 5.92 Å². The van der Waals surface area contributed by atoms with Crippen LogP contribution in [-0.4, -0.2) is 29.2 Å². The molecule has 0 bridgehead atoms. The minimum Gasteiger partial charge on any atom is -0.341 e. The lowest BCUT2D eigenvalue weighted by Crippen LogP contribution is -2.37. The standard InChI is InChI=1S/C11H14BrNOS/c1-13(7-8-5-9(12)6-8)11(14)10-3-2-4-15-10/h2-4,8-9H,5-7H2,1H3. The number of thiophene rings is 1. The smallest absolute Gasteiger partial charge is 0.263 e. The first-order valence-electron chi connectivity index (χ1n) is 5.10. The number of rotatable bonds is 3. The minimum absolute atomic E-state index is 0.156. The number of hydrogen-bond acceptors (Lipinski definition) is 2. The van der Waals surface area contributed by atoms with Gasteiger partial charge >= 0.3 is 0 Å². The summed E-state index contributed by atoms with van der Waals surface area (Å²) in [7, 11) is 1.89. The molecule has 0 unspecified atom stereocenters. The monoisotopic (exact) mass is 287 g/mol. The first-order chi connectivity index (χ1) is 7.16. The molecule has 15 heavy (non-hydrogen) atoms. The molecule has 1 aliphatic carbocycles. The first kappa shape index (κ1) is 11.1. The van der Waals surface area contributed by atoms with Crippen molar-refractivity contribution in [2.24, 2.45) is 5.92 Å². The van der Waals surface area contributed by atoms with Gasteiger partial charge in [0, 0.05) is 18.4 Å². The van der Waals surface area contributed by atoms with Crippen molar-refractivity contribution in [3.8, 4) is 0 Å². The molecule has 1 aromatic rings. The van der Waals surface area contributed by atoms with Crippen LogP contribution in [-0.2, 0) is 0 Å². The fraction of sp³-hybridized carbons (Fsp3) is 0.545. The first-order valence-corrected chi connectivity index (χ1v) is 6.89. The summed E-state index contributed by atoms with van der Waals surface area (Å²) >= 11 is 5.08. The van der Waals surface area contributed by atoms with E-state index < -0.39 is 0 Å². The summed E-state index contributed by atoms with van der Waals surface area (Å²) in [4.78, 5) is 15.2. The van der Waals surface area contributed by atoms with Gasteiger partial charge in [0.05, 0.1) is 4.88 Å². The molecule has 0 N–H and O–H groups in total. The summed E-state index contributed by atoms with van der Waals surface area (Å²) in [6, 6.07) is 3.81. The molecule has 0 saturated heterocycles. The zero-order valence-corrected chi connectivity index (χ0v) is 11.1. The highest BCUT2D eigenvalue weighted by Crippen LogP contribution is 2.33. The largest absolute Gasteiger partial charge is 0.341 e. The molecule has 1 aromatic heterocycles. The normalized spacial score (nSPS) is 24.7. The van der Waals surface area contributed by atoms with Crippen LogP contribution in [0.5, 0.6) is 0 Å². The Labute approximate surface area is 102 Å². The lowest BCUT2D eigenvalue weighted by molar-refractivity contribution is 0.0753. The third-order valence-electron chi connectivity index (χ3n) is 2.79. The fourth-order valence-electron chi connectivity index (χ4n) is 1.86. The molecule has 1 amide bonds. The highest BCUT2D eigenvalue weighted by atomic mass is 79.9. The van der Waals surface area contributed by atoms with Gasteiger partial charge in [-0.3, -0.25) is 4.79 Å². The summed E-state index contributed by atoms with van der Waals surface area (Å²) in [6.45, 7) is 0.888. The van der Waals surface area contributed by atoms with Crippen molar-refractivity contribution in [2.45, 2.75) is 17.7 Å². The van der Waals surface area contributed by atoms with Crippen molar-refractivity contribution in [1.82, 2.24) is 4.90 Å². The van der Waals surface area contributed by atoms with Crippen LogP contribution in [0.25, 0.3) is 0 Å². The van der Waals surface area contributed by atoms with E-state index in [0.717, 1.165) is 11.4 Å². The van der Waals surface area contributed by atoms with E-state index in [1.807, 2.05) is 29.5 Å². The molecule has 2 nitrogen and oxygen atoms in total. The van der Waals surface area contributed by atoms with Gasteiger partial charge in [-0.05, 0) is 30.2 Å². The Morgan fingerprint density at radius 1 is 1.67 bits per heavy atom. The molecular weight excluding hydrogens is 274 g/mol. The summed E-state index contributed by atoms with van der Waals surface area (Å²) in [5.74, 6) is 0.839. The van der Waals surface area contributed by atoms with Crippen molar-refractivity contribution >= 4 is 33.2 Å². The lowest BCUT2D eigenvalue weighted by atomic mass is 9.85. The zero-order valence-electron chi connectivity index (χ0n) is 8.65. The van der Waals surface area contributed by atoms with Gasteiger partial charge in [0.25, 0.3) is 5.91 Å². The van der Waals surface area contributed by atoms with Gasteiger partial charge in [0.1, 0.15) is 0 Å². The van der Waals surface area contributed by atoms with Crippen molar-refractivity contribution in [2.75, 3.05) is 13.6 Å². The maximum atomic E-state index is 11.9. The van der Waals surface area contributed by atoms with E-state index in [2.05, 4.69) is 15.9 Å². The van der Waals surface area contributed by atoms with Crippen LogP contribution in [0.3, 0.4) is 0 Å². The third-order valence-corrected chi connectivity index (χ3v) is 4.39. The molecule has 1 fully saturated rings. The predicted molar refractivity (Wildman–Crippen MR) is 66.7 cm³/mol. The number of alkyl halides is 1. The Bertz CT molecular complexity index is 332. The molecule has 0 atom stereocenters. The van der Waals surface area contributed by atoms with Crippen LogP contribution in [0.4, 0.5) is 0 Å². The second kappa shape index (κ2) is 4.66. The van der Waals surface area contributed by atoms with Crippen LogP contribution in [0.2, 0.25) is 0 Å². The maximum absolute atomic E-state index is 11.9. The molecule has 82 valence electrons. The molecule has 1 heterocycles. The van der Waals surface area contributed by atoms with E-state index in [0.29, 0.717) is 10.7 Å². The summed E-state index contributed by atoms with van der Waals surface area (Å²) in [6.07, 6.45) is 2.39. The molecule has 0 aliphatic heterocycles. The zero-order chi connectivity index (χ0) is 10.8. The van der Waals surface area contributed by atoms with Crippen molar-refractivity contribution in [3.05, 3.63) is 22.4 Å². The SMILES string of the molecule is CN(CC1CC(Br)C1)C(=O)c1cccs1. The second-order valence-corrected chi connectivity index (χ2v) is 6.34. The van der Waals surface area contributed by atoms with E-state index in [4.69, 9.17) is 0 Å². The average molecular weight is 288 g/mol. The van der Waals surface area contributed by atoms with E-state index >= 15 is 0 Å². The van der Waals surface area contributed by atoms with Gasteiger partial charge < -0.3 is 4.90 Å². The predicted octanol–water partition coefficient (Wildman–Crippen LogP) is 2.99. The number of nitrogens with zero attached hydrogens (tertiary/aromatic N) is 1. The van der Waals surface area contributed by atoms with E-state index in [9.17, 15) is 4.79 Å². The van der Waals surface area contributed by atoms with E-state index in [1.54, 1.807) is 0 Å². The van der Waals surface area contributed by atoms with Crippen LogP contribution >= 0.6 is 27.3 Å². The number of halogens is 1. The highest BCUT2D eigenvalue weighted by molar-refractivity contribution is 9.09. The number of carbonyl (C=O) groups is 1. The number of amides is 1. The highest BCUT2D eigenvalue weighted by Gasteiger charge is 2.29. The lowest BCUT2D eigenvalue weighted by Gasteiger charge is -2.34. The van der Waals surface area contributed by atoms with Gasteiger partial charge in [0.2, 0.25) is 0 Å². The van der Waals surface area contributed by atoms with Crippen molar-refractivity contribution in [1.29, 1.82) is 0 Å². The van der Waals surface area contributed by atoms with Gasteiger partial charge in [0.15, 0.2) is 0 Å². The molecule has 0 radical (unpaired) electrons. The Hall–Kier alpha value is -0.350. The Kier molecular flexibility index (Phi) is 3.46. The molecule has 0 aromatic carbocycles. The third kappa shape index (κ3) is 2.61. The maximum Gasteiger partial charge on any atom is 0.263 e. The molecule has 2 rings (SSSR count). The second-order valence-electron chi connectivity index (χ2n) is 4.10. The molecule has 4 heteroatoms. The van der Waals surface area contributed by atoms with Crippen LogP contribution in [0.1, 0.15) is 22.5 Å². The van der Waals surface area contributed by atoms with Gasteiger partial charge in [-0.2, -0.15) is 0 Å². The fourth-order valence-corrected chi connectivity index (χ4v) is 3.64. The minimum atomic E-state index is 0.156. The van der Waals surface area contributed by atoms with Gasteiger partial charge in [-0.1, -0.05) is 22.0 Å². The van der Waals surface area contributed by atoms with Crippen molar-refractivity contribution < 1.29 is 4.79 Å². The number of hydrogen-bond donors (Lipinski definition) is 0. The van der Waals surface area contributed by atoms with Gasteiger partial charge in [-0.25, -0.2) is 0 Å². The van der Waals surface area contributed by atoms with Crippen LogP contribution < -0.4 is 0 Å². The van der Waals surface area contributed by atoms with Gasteiger partial charge in [-0.15, -0.1) is 11.3 Å². The van der Waals surface area contributed by atoms with E-state index in [1.165, 1.54) is 24.2 Å². The molecular formula is C11H14BrNOS. The average Bonchev–Trinajstić information content (AvgIpc) is 2.66. The quantitative estimate of drug-likeness (QED) is 0.783. The van der Waals surface area contributed by atoms with Crippen LogP contribution in [0.15, 0.2) is 17.5 Å². The summed E-state index contributed by atoms with van der Waals surface area (Å²) < 4.78 is 0. The molecule has 0 spiro atoms.